The molecule has 1 saturated heterocycles. The molecule has 1 nitrogen and oxygen atoms in total. The molecule has 2 rings (SSSR count). The Labute approximate surface area is 82.5 Å². The van der Waals surface area contributed by atoms with E-state index in [-0.39, 0.29) is 0 Å². The fourth-order valence-corrected chi connectivity index (χ4v) is 3.53. The molecule has 1 heteroatoms. The van der Waals surface area contributed by atoms with Crippen LogP contribution in [0.25, 0.3) is 0 Å². The van der Waals surface area contributed by atoms with Crippen LogP contribution >= 0.6 is 0 Å². The van der Waals surface area contributed by atoms with E-state index < -0.39 is 0 Å². The Bertz CT molecular complexity index is 156. The molecule has 0 amide bonds. The van der Waals surface area contributed by atoms with Crippen molar-refractivity contribution in [3.8, 4) is 0 Å². The molecule has 1 aliphatic heterocycles. The summed E-state index contributed by atoms with van der Waals surface area (Å²) in [6.07, 6.45) is 10.2. The van der Waals surface area contributed by atoms with Crippen LogP contribution in [0, 0.1) is 5.92 Å². The zero-order chi connectivity index (χ0) is 9.31. The van der Waals surface area contributed by atoms with Gasteiger partial charge in [-0.05, 0) is 45.2 Å². The number of rotatable bonds is 0. The second-order valence-corrected chi connectivity index (χ2v) is 5.13. The number of piperidine rings is 1. The van der Waals surface area contributed by atoms with Crippen molar-refractivity contribution in [2.24, 2.45) is 5.92 Å². The van der Waals surface area contributed by atoms with Gasteiger partial charge in [-0.25, -0.2) is 0 Å². The molecule has 2 unspecified atom stereocenters. The number of likely N-dealkylation sites (tertiary alicyclic amines) is 1. The van der Waals surface area contributed by atoms with Gasteiger partial charge in [0.2, 0.25) is 0 Å². The molecule has 2 atom stereocenters. The number of hydrogen-bond donors (Lipinski definition) is 0. The first-order chi connectivity index (χ1) is 6.26. The fraction of sp³-hybridized carbons (Fsp3) is 1.00. The quantitative estimate of drug-likeness (QED) is 0.555. The molecule has 2 aliphatic rings. The minimum atomic E-state index is 0.608. The third-order valence-electron chi connectivity index (χ3n) is 4.53. The van der Waals surface area contributed by atoms with Crippen molar-refractivity contribution in [2.45, 2.75) is 57.4 Å². The van der Waals surface area contributed by atoms with Gasteiger partial charge in [0.1, 0.15) is 0 Å². The zero-order valence-corrected chi connectivity index (χ0v) is 9.18. The molecule has 0 aromatic carbocycles. The van der Waals surface area contributed by atoms with E-state index in [0.29, 0.717) is 5.54 Å². The molecule has 0 aromatic rings. The van der Waals surface area contributed by atoms with Crippen LogP contribution < -0.4 is 0 Å². The van der Waals surface area contributed by atoms with E-state index in [4.69, 9.17) is 0 Å². The lowest BCUT2D eigenvalue weighted by atomic mass is 9.68. The summed E-state index contributed by atoms with van der Waals surface area (Å²) in [5.41, 5.74) is 0.608. The number of hydrogen-bond acceptors (Lipinski definition) is 1. The van der Waals surface area contributed by atoms with Crippen LogP contribution in [0.1, 0.15) is 51.9 Å². The Balaban J connectivity index is 2.13. The molecule has 0 N–H and O–H groups in total. The minimum absolute atomic E-state index is 0.608. The van der Waals surface area contributed by atoms with E-state index in [1.54, 1.807) is 0 Å². The van der Waals surface area contributed by atoms with E-state index in [9.17, 15) is 0 Å². The summed E-state index contributed by atoms with van der Waals surface area (Å²) < 4.78 is 0. The van der Waals surface area contributed by atoms with E-state index in [1.807, 2.05) is 0 Å². The SMILES string of the molecule is CC1CCCCC12CCCCN2C. The van der Waals surface area contributed by atoms with Crippen molar-refractivity contribution < 1.29 is 0 Å². The molecule has 1 heterocycles. The molecule has 0 aromatic heterocycles. The largest absolute Gasteiger partial charge is 0.300 e. The first kappa shape index (κ1) is 9.51. The molecule has 1 saturated carbocycles. The van der Waals surface area contributed by atoms with E-state index in [2.05, 4.69) is 18.9 Å². The summed E-state index contributed by atoms with van der Waals surface area (Å²) in [5, 5.41) is 0. The maximum atomic E-state index is 2.67. The lowest BCUT2D eigenvalue weighted by Crippen LogP contribution is -2.55. The monoisotopic (exact) mass is 181 g/mol. The second kappa shape index (κ2) is 3.61. The van der Waals surface area contributed by atoms with E-state index >= 15 is 0 Å². The average Bonchev–Trinajstić information content (AvgIpc) is 2.15. The fourth-order valence-electron chi connectivity index (χ4n) is 3.53. The summed E-state index contributed by atoms with van der Waals surface area (Å²) in [6, 6.07) is 0. The normalized spacial score (nSPS) is 42.5. The highest BCUT2D eigenvalue weighted by molar-refractivity contribution is 4.98. The van der Waals surface area contributed by atoms with Gasteiger partial charge < -0.3 is 4.90 Å². The van der Waals surface area contributed by atoms with Gasteiger partial charge in [0.25, 0.3) is 0 Å². The highest BCUT2D eigenvalue weighted by Gasteiger charge is 2.42. The maximum Gasteiger partial charge on any atom is 0.0232 e. The smallest absolute Gasteiger partial charge is 0.0232 e. The maximum absolute atomic E-state index is 2.67. The van der Waals surface area contributed by atoms with Crippen molar-refractivity contribution in [2.75, 3.05) is 13.6 Å². The third kappa shape index (κ3) is 1.52. The Hall–Kier alpha value is -0.0400. The highest BCUT2D eigenvalue weighted by atomic mass is 15.2. The minimum Gasteiger partial charge on any atom is -0.300 e. The van der Waals surface area contributed by atoms with Crippen LogP contribution in [0.3, 0.4) is 0 Å². The first-order valence-corrected chi connectivity index (χ1v) is 5.97. The van der Waals surface area contributed by atoms with Crippen molar-refractivity contribution in [3.63, 3.8) is 0 Å². The average molecular weight is 181 g/mol. The molecule has 1 aliphatic carbocycles. The lowest BCUT2D eigenvalue weighted by molar-refractivity contribution is -0.00515. The van der Waals surface area contributed by atoms with Crippen LogP contribution in [0.2, 0.25) is 0 Å². The Morgan fingerprint density at radius 2 is 1.77 bits per heavy atom. The van der Waals surface area contributed by atoms with Crippen molar-refractivity contribution in [1.29, 1.82) is 0 Å². The van der Waals surface area contributed by atoms with E-state index in [0.717, 1.165) is 5.92 Å². The third-order valence-corrected chi connectivity index (χ3v) is 4.53. The van der Waals surface area contributed by atoms with Crippen molar-refractivity contribution in [1.82, 2.24) is 4.90 Å². The molecular formula is C12H23N. The van der Waals surface area contributed by atoms with Crippen LogP contribution in [0.15, 0.2) is 0 Å². The predicted octanol–water partition coefficient (Wildman–Crippen LogP) is 3.05. The molecular weight excluding hydrogens is 158 g/mol. The molecule has 0 bridgehead atoms. The van der Waals surface area contributed by atoms with Crippen LogP contribution in [-0.2, 0) is 0 Å². The Kier molecular flexibility index (Phi) is 2.64. The standard InChI is InChI=1S/C12H23N/c1-11-7-3-4-8-12(11)9-5-6-10-13(12)2/h11H,3-10H2,1-2H3. The Morgan fingerprint density at radius 3 is 2.38 bits per heavy atom. The van der Waals surface area contributed by atoms with Gasteiger partial charge in [-0.3, -0.25) is 0 Å². The van der Waals surface area contributed by atoms with Gasteiger partial charge in [-0.2, -0.15) is 0 Å². The van der Waals surface area contributed by atoms with Crippen LogP contribution in [0.4, 0.5) is 0 Å². The van der Waals surface area contributed by atoms with Gasteiger partial charge in [0, 0.05) is 5.54 Å². The summed E-state index contributed by atoms with van der Waals surface area (Å²) in [6.45, 7) is 3.81. The Morgan fingerprint density at radius 1 is 1.08 bits per heavy atom. The molecule has 76 valence electrons. The van der Waals surface area contributed by atoms with Gasteiger partial charge in [0.15, 0.2) is 0 Å². The lowest BCUT2D eigenvalue weighted by Gasteiger charge is -2.52. The zero-order valence-electron chi connectivity index (χ0n) is 9.18. The highest BCUT2D eigenvalue weighted by Crippen LogP contribution is 2.43. The molecule has 13 heavy (non-hydrogen) atoms. The summed E-state index contributed by atoms with van der Waals surface area (Å²) >= 11 is 0. The second-order valence-electron chi connectivity index (χ2n) is 5.13. The van der Waals surface area contributed by atoms with Crippen LogP contribution in [0.5, 0.6) is 0 Å². The van der Waals surface area contributed by atoms with Crippen molar-refractivity contribution in [3.05, 3.63) is 0 Å². The van der Waals surface area contributed by atoms with Gasteiger partial charge >= 0.3 is 0 Å². The predicted molar refractivity (Wildman–Crippen MR) is 56.8 cm³/mol. The van der Waals surface area contributed by atoms with Gasteiger partial charge in [-0.15, -0.1) is 0 Å². The molecule has 1 spiro atoms. The first-order valence-electron chi connectivity index (χ1n) is 5.97. The molecule has 2 fully saturated rings. The summed E-state index contributed by atoms with van der Waals surface area (Å²) in [7, 11) is 2.35. The van der Waals surface area contributed by atoms with Crippen molar-refractivity contribution >= 4 is 0 Å². The van der Waals surface area contributed by atoms with E-state index in [1.165, 1.54) is 51.5 Å². The number of nitrogens with zero attached hydrogens (tertiary/aromatic N) is 1. The molecule has 0 radical (unpaired) electrons. The summed E-state index contributed by atoms with van der Waals surface area (Å²) in [4.78, 5) is 2.67. The van der Waals surface area contributed by atoms with Gasteiger partial charge in [0.05, 0.1) is 0 Å². The van der Waals surface area contributed by atoms with Gasteiger partial charge in [-0.1, -0.05) is 26.2 Å². The summed E-state index contributed by atoms with van der Waals surface area (Å²) in [5.74, 6) is 0.937. The topological polar surface area (TPSA) is 3.24 Å². The van der Waals surface area contributed by atoms with Crippen LogP contribution in [-0.4, -0.2) is 24.0 Å².